The van der Waals surface area contributed by atoms with Crippen LogP contribution in [-0.4, -0.2) is 54.6 Å². The number of hydrogen-bond acceptors (Lipinski definition) is 2. The fourth-order valence-corrected chi connectivity index (χ4v) is 0. The Morgan fingerprint density at radius 1 is 1.83 bits per heavy atom. The molecule has 0 aliphatic carbocycles. The minimum atomic E-state index is -0.881. The quantitative estimate of drug-likeness (QED) is 0.360. The van der Waals surface area contributed by atoms with E-state index in [0.717, 1.165) is 0 Å². The minimum absolute atomic E-state index is 0. The molecule has 0 atom stereocenters. The predicted octanol–water partition coefficient (Wildman–Crippen LogP) is -0.915. The van der Waals surface area contributed by atoms with Gasteiger partial charge in [0.25, 0.3) is 0 Å². The zero-order chi connectivity index (χ0) is 4.28. The molecule has 0 rings (SSSR count). The van der Waals surface area contributed by atoms with Crippen LogP contribution in [0.3, 0.4) is 0 Å². The standard InChI is InChI=1S/C2H4O2S.Ca.2H/c3-2(4)1-5;;;/h5H,1H2,(H,3,4);;;. The van der Waals surface area contributed by atoms with Gasteiger partial charge in [-0.3, -0.25) is 4.79 Å². The molecule has 0 aromatic carbocycles. The predicted molar refractivity (Wildman–Crippen MR) is 30.0 cm³/mol. The molecular formula is C2H6CaO2S. The Bertz CT molecular complexity index is 46.8. The average Bonchev–Trinajstić information content (AvgIpc) is 1.38. The van der Waals surface area contributed by atoms with E-state index in [1.807, 2.05) is 0 Å². The van der Waals surface area contributed by atoms with Gasteiger partial charge in [0.1, 0.15) is 0 Å². The molecule has 0 unspecified atom stereocenters. The maximum absolute atomic E-state index is 9.29. The average molecular weight is 134 g/mol. The molecule has 0 heterocycles. The van der Waals surface area contributed by atoms with Crippen molar-refractivity contribution in [1.29, 1.82) is 0 Å². The second kappa shape index (κ2) is 6.08. The van der Waals surface area contributed by atoms with Crippen molar-refractivity contribution in [2.75, 3.05) is 5.75 Å². The van der Waals surface area contributed by atoms with Gasteiger partial charge in [-0.25, -0.2) is 0 Å². The van der Waals surface area contributed by atoms with Gasteiger partial charge in [0.2, 0.25) is 0 Å². The SMILES string of the molecule is O=C(O)CS.[CaH2]. The summed E-state index contributed by atoms with van der Waals surface area (Å²) >= 11 is 3.42. The van der Waals surface area contributed by atoms with E-state index in [2.05, 4.69) is 12.6 Å². The molecular weight excluding hydrogens is 128 g/mol. The molecule has 0 radical (unpaired) electrons. The number of carboxylic acid groups (broad SMARTS) is 1. The van der Waals surface area contributed by atoms with E-state index in [1.54, 1.807) is 0 Å². The number of hydrogen-bond donors (Lipinski definition) is 2. The Hall–Kier alpha value is 1.08. The van der Waals surface area contributed by atoms with E-state index >= 15 is 0 Å². The molecule has 0 aliphatic rings. The van der Waals surface area contributed by atoms with Gasteiger partial charge in [0, 0.05) is 0 Å². The summed E-state index contributed by atoms with van der Waals surface area (Å²) in [6.45, 7) is 0. The number of carboxylic acids is 1. The van der Waals surface area contributed by atoms with Crippen molar-refractivity contribution >= 4 is 56.3 Å². The van der Waals surface area contributed by atoms with Gasteiger partial charge in [-0.15, -0.1) is 0 Å². The topological polar surface area (TPSA) is 37.3 Å². The number of thiol groups is 1. The van der Waals surface area contributed by atoms with E-state index in [0.29, 0.717) is 0 Å². The summed E-state index contributed by atoms with van der Waals surface area (Å²) in [6.07, 6.45) is 0. The summed E-state index contributed by atoms with van der Waals surface area (Å²) in [7, 11) is 0. The number of rotatable bonds is 1. The van der Waals surface area contributed by atoms with Crippen molar-refractivity contribution in [1.82, 2.24) is 0 Å². The first kappa shape index (κ1) is 10.1. The number of aliphatic carboxylic acids is 1. The Labute approximate surface area is 71.3 Å². The third-order valence-corrected chi connectivity index (χ3v) is 0.406. The molecule has 34 valence electrons. The molecule has 0 aromatic heterocycles. The zero-order valence-corrected chi connectivity index (χ0v) is 3.40. The summed E-state index contributed by atoms with van der Waals surface area (Å²) in [4.78, 5) is 9.29. The molecule has 0 saturated heterocycles. The van der Waals surface area contributed by atoms with E-state index in [-0.39, 0.29) is 43.5 Å². The van der Waals surface area contributed by atoms with E-state index < -0.39 is 5.97 Å². The van der Waals surface area contributed by atoms with Crippen LogP contribution in [0.5, 0.6) is 0 Å². The van der Waals surface area contributed by atoms with Crippen molar-refractivity contribution in [2.24, 2.45) is 0 Å². The molecule has 0 fully saturated rings. The summed E-state index contributed by atoms with van der Waals surface area (Å²) in [5.41, 5.74) is 0. The van der Waals surface area contributed by atoms with Crippen LogP contribution in [0.2, 0.25) is 0 Å². The van der Waals surface area contributed by atoms with Crippen LogP contribution in [0.25, 0.3) is 0 Å². The van der Waals surface area contributed by atoms with Crippen molar-refractivity contribution in [3.8, 4) is 0 Å². The Kier molecular flexibility index (Phi) is 10.3. The van der Waals surface area contributed by atoms with Gasteiger partial charge in [0.05, 0.1) is 5.75 Å². The number of carbonyl (C=O) groups is 1. The van der Waals surface area contributed by atoms with Crippen LogP contribution in [0.15, 0.2) is 0 Å². The third kappa shape index (κ3) is 8.91. The molecule has 1 N–H and O–H groups in total. The van der Waals surface area contributed by atoms with E-state index in [9.17, 15) is 4.79 Å². The van der Waals surface area contributed by atoms with Gasteiger partial charge in [-0.1, -0.05) is 0 Å². The molecule has 0 bridgehead atoms. The zero-order valence-electron chi connectivity index (χ0n) is 2.51. The van der Waals surface area contributed by atoms with Gasteiger partial charge in [-0.2, -0.15) is 12.6 Å². The van der Waals surface area contributed by atoms with E-state index in [1.165, 1.54) is 0 Å². The summed E-state index contributed by atoms with van der Waals surface area (Å²) < 4.78 is 0. The van der Waals surface area contributed by atoms with Crippen LogP contribution in [0, 0.1) is 0 Å². The summed E-state index contributed by atoms with van der Waals surface area (Å²) in [5, 5.41) is 7.65. The molecule has 0 aliphatic heterocycles. The van der Waals surface area contributed by atoms with Gasteiger partial charge in [-0.05, 0) is 0 Å². The molecule has 2 nitrogen and oxygen atoms in total. The van der Waals surface area contributed by atoms with Gasteiger partial charge >= 0.3 is 43.7 Å². The van der Waals surface area contributed by atoms with Crippen LogP contribution in [-0.2, 0) is 4.79 Å². The normalized spacial score (nSPS) is 6.17. The Balaban J connectivity index is 0. The van der Waals surface area contributed by atoms with Crippen LogP contribution >= 0.6 is 12.6 Å². The molecule has 0 amide bonds. The van der Waals surface area contributed by atoms with Gasteiger partial charge in [0.15, 0.2) is 0 Å². The van der Waals surface area contributed by atoms with Crippen molar-refractivity contribution < 1.29 is 9.90 Å². The third-order valence-electron chi connectivity index (χ3n) is 0.135. The maximum atomic E-state index is 9.29. The van der Waals surface area contributed by atoms with Gasteiger partial charge < -0.3 is 5.11 Å². The fourth-order valence-electron chi connectivity index (χ4n) is 0. The van der Waals surface area contributed by atoms with Crippen LogP contribution < -0.4 is 0 Å². The summed E-state index contributed by atoms with van der Waals surface area (Å²) in [5.74, 6) is -0.965. The molecule has 0 spiro atoms. The van der Waals surface area contributed by atoms with Crippen molar-refractivity contribution in [3.63, 3.8) is 0 Å². The Morgan fingerprint density at radius 3 is 2.00 bits per heavy atom. The van der Waals surface area contributed by atoms with E-state index in [4.69, 9.17) is 5.11 Å². The van der Waals surface area contributed by atoms with Crippen LogP contribution in [0.4, 0.5) is 0 Å². The first-order valence-electron chi connectivity index (χ1n) is 1.10. The molecule has 0 aromatic rings. The first-order chi connectivity index (χ1) is 2.27. The first-order valence-corrected chi connectivity index (χ1v) is 1.73. The van der Waals surface area contributed by atoms with Crippen molar-refractivity contribution in [2.45, 2.75) is 0 Å². The fraction of sp³-hybridized carbons (Fsp3) is 0.500. The molecule has 4 heteroatoms. The second-order valence-corrected chi connectivity index (χ2v) is 0.868. The second-order valence-electron chi connectivity index (χ2n) is 0.552. The Morgan fingerprint density at radius 2 is 2.00 bits per heavy atom. The monoisotopic (exact) mass is 134 g/mol. The van der Waals surface area contributed by atoms with Crippen LogP contribution in [0.1, 0.15) is 0 Å². The summed E-state index contributed by atoms with van der Waals surface area (Å²) in [6, 6.07) is 0. The molecule has 6 heavy (non-hydrogen) atoms. The molecule has 0 saturated carbocycles. The van der Waals surface area contributed by atoms with Crippen molar-refractivity contribution in [3.05, 3.63) is 0 Å².